The molecule has 0 heterocycles. The van der Waals surface area contributed by atoms with Gasteiger partial charge in [-0.05, 0) is 23.8 Å². The van der Waals surface area contributed by atoms with E-state index in [1.54, 1.807) is 18.2 Å². The van der Waals surface area contributed by atoms with Gasteiger partial charge in [0.25, 0.3) is 0 Å². The van der Waals surface area contributed by atoms with E-state index in [0.717, 1.165) is 0 Å². The van der Waals surface area contributed by atoms with Crippen molar-refractivity contribution in [1.29, 1.82) is 0 Å². The number of primary amides is 1. The maximum atomic E-state index is 10.3. The first-order valence-corrected chi connectivity index (χ1v) is 4.38. The molecule has 0 saturated heterocycles. The highest BCUT2D eigenvalue weighted by molar-refractivity contribution is 6.35. The second kappa shape index (κ2) is 4.83. The number of halogens is 2. The summed E-state index contributed by atoms with van der Waals surface area (Å²) in [6, 6.07) is 4.18. The summed E-state index contributed by atoms with van der Waals surface area (Å²) in [6.07, 6.45) is 1.39. The molecule has 0 aliphatic heterocycles. The van der Waals surface area contributed by atoms with Crippen LogP contribution in [0.4, 0.5) is 4.79 Å². The number of carbonyl (C=O) groups excluding carboxylic acids is 1. The standard InChI is InChI=1S/C8H7Cl2N3O/c9-6-1-5(2-7(10)3-6)4-12-13-8(11)14/h1-4H,(H3,11,13,14). The van der Waals surface area contributed by atoms with E-state index in [0.29, 0.717) is 15.6 Å². The first kappa shape index (κ1) is 10.8. The minimum Gasteiger partial charge on any atom is -0.350 e. The largest absolute Gasteiger partial charge is 0.350 e. The number of hydrogen-bond acceptors (Lipinski definition) is 2. The Morgan fingerprint density at radius 1 is 1.36 bits per heavy atom. The summed E-state index contributed by atoms with van der Waals surface area (Å²) in [7, 11) is 0. The lowest BCUT2D eigenvalue weighted by Crippen LogP contribution is -2.24. The van der Waals surface area contributed by atoms with Crippen LogP contribution >= 0.6 is 23.2 Å². The molecular weight excluding hydrogens is 225 g/mol. The van der Waals surface area contributed by atoms with E-state index in [4.69, 9.17) is 28.9 Å². The zero-order valence-corrected chi connectivity index (χ0v) is 8.51. The molecule has 0 atom stereocenters. The molecular formula is C8H7Cl2N3O. The predicted octanol–water partition coefficient (Wildman–Crippen LogP) is 2.00. The molecule has 1 aromatic carbocycles. The summed E-state index contributed by atoms with van der Waals surface area (Å²) in [4.78, 5) is 10.3. The van der Waals surface area contributed by atoms with Gasteiger partial charge < -0.3 is 5.73 Å². The van der Waals surface area contributed by atoms with E-state index in [2.05, 4.69) is 10.5 Å². The van der Waals surface area contributed by atoms with Gasteiger partial charge in [-0.1, -0.05) is 23.2 Å². The number of urea groups is 1. The van der Waals surface area contributed by atoms with Crippen molar-refractivity contribution < 1.29 is 4.79 Å². The third-order valence-corrected chi connectivity index (χ3v) is 1.71. The Morgan fingerprint density at radius 3 is 2.43 bits per heavy atom. The molecule has 2 amide bonds. The molecule has 0 spiro atoms. The summed E-state index contributed by atoms with van der Waals surface area (Å²) in [5.74, 6) is 0. The van der Waals surface area contributed by atoms with E-state index in [1.165, 1.54) is 6.21 Å². The molecule has 4 nitrogen and oxygen atoms in total. The molecule has 3 N–H and O–H groups in total. The number of rotatable bonds is 2. The van der Waals surface area contributed by atoms with Crippen LogP contribution < -0.4 is 11.2 Å². The van der Waals surface area contributed by atoms with Crippen LogP contribution in [-0.4, -0.2) is 12.2 Å². The number of amides is 2. The van der Waals surface area contributed by atoms with Crippen LogP contribution in [-0.2, 0) is 0 Å². The normalized spacial score (nSPS) is 10.4. The quantitative estimate of drug-likeness (QED) is 0.594. The second-order valence-electron chi connectivity index (χ2n) is 2.44. The average Bonchev–Trinajstić information content (AvgIpc) is 2.01. The fraction of sp³-hybridized carbons (Fsp3) is 0. The maximum Gasteiger partial charge on any atom is 0.332 e. The number of hydrogen-bond donors (Lipinski definition) is 2. The molecule has 0 fully saturated rings. The van der Waals surface area contributed by atoms with Crippen LogP contribution in [0.25, 0.3) is 0 Å². The molecule has 14 heavy (non-hydrogen) atoms. The zero-order valence-electron chi connectivity index (χ0n) is 7.00. The first-order chi connectivity index (χ1) is 6.58. The minimum atomic E-state index is -0.727. The third kappa shape index (κ3) is 3.64. The van der Waals surface area contributed by atoms with Crippen molar-refractivity contribution in [3.8, 4) is 0 Å². The fourth-order valence-corrected chi connectivity index (χ4v) is 1.36. The molecule has 0 aromatic heterocycles. The topological polar surface area (TPSA) is 67.5 Å². The van der Waals surface area contributed by atoms with Gasteiger partial charge >= 0.3 is 6.03 Å². The van der Waals surface area contributed by atoms with Gasteiger partial charge in [-0.25, -0.2) is 10.2 Å². The molecule has 0 aliphatic carbocycles. The summed E-state index contributed by atoms with van der Waals surface area (Å²) >= 11 is 11.5. The minimum absolute atomic E-state index is 0.498. The van der Waals surface area contributed by atoms with E-state index in [-0.39, 0.29) is 0 Å². The number of hydrazone groups is 1. The molecule has 0 radical (unpaired) electrons. The lowest BCUT2D eigenvalue weighted by atomic mass is 10.2. The van der Waals surface area contributed by atoms with Crippen molar-refractivity contribution in [1.82, 2.24) is 5.43 Å². The van der Waals surface area contributed by atoms with Gasteiger partial charge in [0.15, 0.2) is 0 Å². The fourth-order valence-electron chi connectivity index (χ4n) is 0.820. The van der Waals surface area contributed by atoms with Gasteiger partial charge in [0.05, 0.1) is 6.21 Å². The summed E-state index contributed by atoms with van der Waals surface area (Å²) in [5.41, 5.74) is 7.53. The lowest BCUT2D eigenvalue weighted by molar-refractivity contribution is 0.249. The van der Waals surface area contributed by atoms with Crippen molar-refractivity contribution in [2.75, 3.05) is 0 Å². The van der Waals surface area contributed by atoms with E-state index >= 15 is 0 Å². The molecule has 1 aromatic rings. The number of carbonyl (C=O) groups is 1. The van der Waals surface area contributed by atoms with Crippen molar-refractivity contribution in [2.24, 2.45) is 10.8 Å². The highest BCUT2D eigenvalue weighted by Gasteiger charge is 1.95. The summed E-state index contributed by atoms with van der Waals surface area (Å²) in [6.45, 7) is 0. The number of benzene rings is 1. The highest BCUT2D eigenvalue weighted by Crippen LogP contribution is 2.17. The Morgan fingerprint density at radius 2 is 1.93 bits per heavy atom. The van der Waals surface area contributed by atoms with Gasteiger partial charge in [-0.2, -0.15) is 5.10 Å². The van der Waals surface area contributed by atoms with E-state index in [9.17, 15) is 4.79 Å². The number of nitrogens with zero attached hydrogens (tertiary/aromatic N) is 1. The van der Waals surface area contributed by atoms with Gasteiger partial charge in [0, 0.05) is 10.0 Å². The summed E-state index contributed by atoms with van der Waals surface area (Å²) < 4.78 is 0. The van der Waals surface area contributed by atoms with Gasteiger partial charge in [0.2, 0.25) is 0 Å². The molecule has 74 valence electrons. The molecule has 0 bridgehead atoms. The van der Waals surface area contributed by atoms with Crippen LogP contribution in [0.15, 0.2) is 23.3 Å². The molecule has 0 unspecified atom stereocenters. The second-order valence-corrected chi connectivity index (χ2v) is 3.31. The van der Waals surface area contributed by atoms with Crippen molar-refractivity contribution in [3.63, 3.8) is 0 Å². The van der Waals surface area contributed by atoms with Gasteiger partial charge in [-0.3, -0.25) is 0 Å². The Labute approximate surface area is 90.7 Å². The van der Waals surface area contributed by atoms with Gasteiger partial charge in [0.1, 0.15) is 0 Å². The Bertz CT molecular complexity index is 359. The smallest absolute Gasteiger partial charge is 0.332 e. The van der Waals surface area contributed by atoms with Crippen LogP contribution in [0.5, 0.6) is 0 Å². The van der Waals surface area contributed by atoms with Crippen LogP contribution in [0.3, 0.4) is 0 Å². The monoisotopic (exact) mass is 231 g/mol. The number of nitrogens with two attached hydrogens (primary N) is 1. The molecule has 0 saturated carbocycles. The SMILES string of the molecule is NC(=O)NN=Cc1cc(Cl)cc(Cl)c1. The zero-order chi connectivity index (χ0) is 10.6. The summed E-state index contributed by atoms with van der Waals surface area (Å²) in [5, 5.41) is 4.55. The predicted molar refractivity (Wildman–Crippen MR) is 56.8 cm³/mol. The van der Waals surface area contributed by atoms with Crippen LogP contribution in [0.1, 0.15) is 5.56 Å². The highest BCUT2D eigenvalue weighted by atomic mass is 35.5. The van der Waals surface area contributed by atoms with Crippen molar-refractivity contribution in [3.05, 3.63) is 33.8 Å². The Kier molecular flexibility index (Phi) is 3.73. The van der Waals surface area contributed by atoms with Crippen LogP contribution in [0, 0.1) is 0 Å². The maximum absolute atomic E-state index is 10.3. The number of nitrogens with one attached hydrogen (secondary N) is 1. The Balaban J connectivity index is 2.76. The molecule has 6 heteroatoms. The first-order valence-electron chi connectivity index (χ1n) is 3.62. The lowest BCUT2D eigenvalue weighted by Gasteiger charge is -1.96. The van der Waals surface area contributed by atoms with Crippen molar-refractivity contribution in [2.45, 2.75) is 0 Å². The average molecular weight is 232 g/mol. The van der Waals surface area contributed by atoms with Gasteiger partial charge in [-0.15, -0.1) is 0 Å². The molecule has 0 aliphatic rings. The van der Waals surface area contributed by atoms with E-state index < -0.39 is 6.03 Å². The third-order valence-electron chi connectivity index (χ3n) is 1.27. The van der Waals surface area contributed by atoms with Crippen LogP contribution in [0.2, 0.25) is 10.0 Å². The Hall–Kier alpha value is -1.26. The molecule has 1 rings (SSSR count). The van der Waals surface area contributed by atoms with Crippen molar-refractivity contribution >= 4 is 35.4 Å². The van der Waals surface area contributed by atoms with E-state index in [1.807, 2.05) is 0 Å².